The van der Waals surface area contributed by atoms with Gasteiger partial charge < -0.3 is 19.1 Å². The molecule has 1 unspecified atom stereocenters. The van der Waals surface area contributed by atoms with Crippen LogP contribution >= 0.6 is 24.0 Å². The summed E-state index contributed by atoms with van der Waals surface area (Å²) < 4.78 is 18.2. The average molecular weight is 609 g/mol. The van der Waals surface area contributed by atoms with Crippen LogP contribution in [0.15, 0.2) is 27.9 Å². The molecule has 42 heavy (non-hydrogen) atoms. The van der Waals surface area contributed by atoms with Gasteiger partial charge in [-0.1, -0.05) is 37.0 Å². The Bertz CT molecular complexity index is 1580. The summed E-state index contributed by atoms with van der Waals surface area (Å²) >= 11 is 6.79. The molecule has 0 saturated carbocycles. The van der Waals surface area contributed by atoms with E-state index in [4.69, 9.17) is 26.4 Å². The number of piperidine rings is 1. The van der Waals surface area contributed by atoms with E-state index < -0.39 is 0 Å². The first-order valence-electron chi connectivity index (χ1n) is 14.0. The van der Waals surface area contributed by atoms with E-state index in [1.54, 1.807) is 24.5 Å². The summed E-state index contributed by atoms with van der Waals surface area (Å²) in [6.07, 6.45) is 3.83. The Hall–Kier alpha value is -3.82. The average Bonchev–Trinajstić information content (AvgIpc) is 3.55. The molecule has 2 aromatic rings. The fourth-order valence-electron chi connectivity index (χ4n) is 5.53. The number of hydrogen-bond acceptors (Lipinski definition) is 10. The number of pyridine rings is 1. The molecule has 3 aliphatic heterocycles. The minimum Gasteiger partial charge on any atom is -0.466 e. The summed E-state index contributed by atoms with van der Waals surface area (Å²) in [6.45, 7) is 7.56. The van der Waals surface area contributed by atoms with Crippen LogP contribution in [0.25, 0.3) is 6.08 Å². The molecule has 0 radical (unpaired) electrons. The molecule has 2 fully saturated rings. The zero-order valence-corrected chi connectivity index (χ0v) is 25.4. The maximum absolute atomic E-state index is 13.7. The van der Waals surface area contributed by atoms with Crippen molar-refractivity contribution in [2.75, 3.05) is 31.4 Å². The standard InChI is InChI=1S/C30H32N4O6S2/c1-4-10-33-26(32-11-6-7-20(16-32)29(37)38-5-2)21(18(3)22(14-31)27(33)35)13-25-28(36)34(30(41)42-25)15-19-8-9-23-24(12-19)40-17-39-23/h8-9,12-13,20H,4-7,10-11,15-17H2,1-3H3/b25-13+. The van der Waals surface area contributed by atoms with Crippen LogP contribution in [-0.4, -0.2) is 52.2 Å². The second kappa shape index (κ2) is 12.6. The van der Waals surface area contributed by atoms with Gasteiger partial charge in [0.1, 0.15) is 21.8 Å². The number of hydrogen-bond donors (Lipinski definition) is 0. The first-order valence-corrected chi connectivity index (χ1v) is 15.2. The Morgan fingerprint density at radius 3 is 2.79 bits per heavy atom. The van der Waals surface area contributed by atoms with Crippen molar-refractivity contribution in [3.8, 4) is 17.6 Å². The minimum atomic E-state index is -0.377. The van der Waals surface area contributed by atoms with Crippen molar-refractivity contribution >= 4 is 52.1 Å². The van der Waals surface area contributed by atoms with Gasteiger partial charge in [0, 0.05) is 25.2 Å². The minimum absolute atomic E-state index is 0.0354. The van der Waals surface area contributed by atoms with E-state index in [0.29, 0.717) is 76.8 Å². The third kappa shape index (κ3) is 5.63. The lowest BCUT2D eigenvalue weighted by Crippen LogP contribution is -2.43. The summed E-state index contributed by atoms with van der Waals surface area (Å²) in [4.78, 5) is 43.8. The van der Waals surface area contributed by atoms with Crippen LogP contribution in [0.3, 0.4) is 0 Å². The monoisotopic (exact) mass is 608 g/mol. The van der Waals surface area contributed by atoms with E-state index in [2.05, 4.69) is 6.07 Å². The molecule has 12 heteroatoms. The Morgan fingerprint density at radius 2 is 2.05 bits per heavy atom. The Kier molecular flexibility index (Phi) is 8.89. The molecule has 1 amide bonds. The van der Waals surface area contributed by atoms with Crippen LogP contribution in [0.1, 0.15) is 55.4 Å². The van der Waals surface area contributed by atoms with Crippen LogP contribution in [0, 0.1) is 24.2 Å². The van der Waals surface area contributed by atoms with E-state index in [1.165, 1.54) is 16.7 Å². The first kappa shape index (κ1) is 29.7. The van der Waals surface area contributed by atoms with Crippen molar-refractivity contribution in [1.82, 2.24) is 9.47 Å². The molecule has 2 saturated heterocycles. The fourth-order valence-corrected chi connectivity index (χ4v) is 6.76. The van der Waals surface area contributed by atoms with Crippen LogP contribution in [0.5, 0.6) is 11.5 Å². The van der Waals surface area contributed by atoms with E-state index >= 15 is 0 Å². The number of amides is 1. The zero-order chi connectivity index (χ0) is 30.0. The van der Waals surface area contributed by atoms with Gasteiger partial charge in [0.2, 0.25) is 6.79 Å². The lowest BCUT2D eigenvalue weighted by atomic mass is 9.96. The van der Waals surface area contributed by atoms with Gasteiger partial charge in [-0.05, 0) is 62.4 Å². The molecule has 0 N–H and O–H groups in total. The van der Waals surface area contributed by atoms with Gasteiger partial charge in [-0.2, -0.15) is 5.26 Å². The molecule has 1 aromatic heterocycles. The zero-order valence-electron chi connectivity index (χ0n) is 23.8. The summed E-state index contributed by atoms with van der Waals surface area (Å²) in [5.74, 6) is 1.02. The third-order valence-corrected chi connectivity index (χ3v) is 8.94. The van der Waals surface area contributed by atoms with E-state index in [-0.39, 0.29) is 42.3 Å². The number of ether oxygens (including phenoxy) is 3. The normalized spacial score (nSPS) is 19.0. The molecule has 0 bridgehead atoms. The van der Waals surface area contributed by atoms with Gasteiger partial charge in [0.05, 0.1) is 24.0 Å². The SMILES string of the molecule is CCCn1c(N2CCCC(C(=O)OCC)C2)c(/C=C2/SC(=S)N(Cc3ccc4c(c3)OCO4)C2=O)c(C)c(C#N)c1=O. The van der Waals surface area contributed by atoms with Gasteiger partial charge in [-0.15, -0.1) is 0 Å². The highest BCUT2D eigenvalue weighted by Crippen LogP contribution is 2.39. The highest BCUT2D eigenvalue weighted by Gasteiger charge is 2.35. The van der Waals surface area contributed by atoms with Crippen LogP contribution in [-0.2, 0) is 27.4 Å². The highest BCUT2D eigenvalue weighted by molar-refractivity contribution is 8.26. The number of carbonyl (C=O) groups excluding carboxylic acids is 2. The Morgan fingerprint density at radius 1 is 1.26 bits per heavy atom. The predicted molar refractivity (Wildman–Crippen MR) is 163 cm³/mol. The van der Waals surface area contributed by atoms with Crippen molar-refractivity contribution in [2.45, 2.75) is 53.1 Å². The topological polar surface area (TPSA) is 114 Å². The van der Waals surface area contributed by atoms with Crippen molar-refractivity contribution < 1.29 is 23.8 Å². The second-order valence-corrected chi connectivity index (χ2v) is 12.0. The van der Waals surface area contributed by atoms with Crippen molar-refractivity contribution in [3.63, 3.8) is 0 Å². The molecule has 220 valence electrons. The van der Waals surface area contributed by atoms with Crippen molar-refractivity contribution in [2.24, 2.45) is 5.92 Å². The third-order valence-electron chi connectivity index (χ3n) is 7.56. The summed E-state index contributed by atoms with van der Waals surface area (Å²) in [5.41, 5.74) is 1.60. The maximum atomic E-state index is 13.7. The molecule has 10 nitrogen and oxygen atoms in total. The molecule has 4 heterocycles. The van der Waals surface area contributed by atoms with Crippen LogP contribution < -0.4 is 19.9 Å². The number of nitrogens with zero attached hydrogens (tertiary/aromatic N) is 4. The number of thiocarbonyl (C=S) groups is 1. The number of anilines is 1. The number of benzene rings is 1. The van der Waals surface area contributed by atoms with Gasteiger partial charge in [-0.3, -0.25) is 23.9 Å². The van der Waals surface area contributed by atoms with E-state index in [1.807, 2.05) is 30.0 Å². The molecule has 1 atom stereocenters. The Balaban J connectivity index is 1.55. The van der Waals surface area contributed by atoms with Crippen molar-refractivity contribution in [1.29, 1.82) is 5.26 Å². The van der Waals surface area contributed by atoms with E-state index in [9.17, 15) is 19.6 Å². The second-order valence-electron chi connectivity index (χ2n) is 10.3. The van der Waals surface area contributed by atoms with Gasteiger partial charge in [0.15, 0.2) is 11.5 Å². The molecule has 0 aliphatic carbocycles. The summed E-state index contributed by atoms with van der Waals surface area (Å²) in [5, 5.41) is 9.94. The first-order chi connectivity index (χ1) is 20.3. The maximum Gasteiger partial charge on any atom is 0.310 e. The van der Waals surface area contributed by atoms with Gasteiger partial charge in [0.25, 0.3) is 11.5 Å². The molecule has 0 spiro atoms. The van der Waals surface area contributed by atoms with E-state index in [0.717, 1.165) is 12.0 Å². The lowest BCUT2D eigenvalue weighted by molar-refractivity contribution is -0.148. The summed E-state index contributed by atoms with van der Waals surface area (Å²) in [6, 6.07) is 7.59. The van der Waals surface area contributed by atoms with Crippen LogP contribution in [0.2, 0.25) is 0 Å². The number of esters is 1. The fraction of sp³-hybridized carbons (Fsp3) is 0.433. The molecule has 1 aromatic carbocycles. The number of thioether (sulfide) groups is 1. The number of aromatic nitrogens is 1. The molecule has 3 aliphatic rings. The largest absolute Gasteiger partial charge is 0.466 e. The quantitative estimate of drug-likeness (QED) is 0.244. The molecular weight excluding hydrogens is 576 g/mol. The smallest absolute Gasteiger partial charge is 0.310 e. The Labute approximate surface area is 253 Å². The predicted octanol–water partition coefficient (Wildman–Crippen LogP) is 4.35. The van der Waals surface area contributed by atoms with Crippen molar-refractivity contribution in [3.05, 3.63) is 55.7 Å². The number of fused-ring (bicyclic) bond motifs is 1. The van der Waals surface area contributed by atoms with Crippen LogP contribution in [0.4, 0.5) is 5.82 Å². The van der Waals surface area contributed by atoms with Gasteiger partial charge >= 0.3 is 5.97 Å². The molecular formula is C30H32N4O6S2. The lowest BCUT2D eigenvalue weighted by Gasteiger charge is -2.36. The highest BCUT2D eigenvalue weighted by atomic mass is 32.2. The molecule has 5 rings (SSSR count). The summed E-state index contributed by atoms with van der Waals surface area (Å²) in [7, 11) is 0. The number of carbonyl (C=O) groups is 2. The number of nitriles is 1. The number of rotatable bonds is 8. The van der Waals surface area contributed by atoms with Gasteiger partial charge in [-0.25, -0.2) is 0 Å².